The number of aryl methyl sites for hydroxylation is 2. The van der Waals surface area contributed by atoms with E-state index in [1.54, 1.807) is 13.0 Å². The molecule has 0 spiro atoms. The summed E-state index contributed by atoms with van der Waals surface area (Å²) in [6, 6.07) is 0. The van der Waals surface area contributed by atoms with Gasteiger partial charge in [-0.15, -0.1) is 0 Å². The van der Waals surface area contributed by atoms with Crippen molar-refractivity contribution >= 4 is 23.6 Å². The van der Waals surface area contributed by atoms with Crippen LogP contribution >= 0.6 is 11.5 Å². The Hall–Kier alpha value is -1.16. The molecular formula is C10H13NO2S. The molecule has 0 aromatic carbocycles. The fourth-order valence-electron chi connectivity index (χ4n) is 1.07. The quantitative estimate of drug-likeness (QED) is 0.569. The SMILES string of the molecule is CCOC(=O)/C=C/c1c(C)nsc1C. The van der Waals surface area contributed by atoms with Crippen LogP contribution in [0.1, 0.15) is 23.1 Å². The largest absolute Gasteiger partial charge is 0.463 e. The molecule has 1 heterocycles. The van der Waals surface area contributed by atoms with Crippen LogP contribution in [0, 0.1) is 13.8 Å². The predicted octanol–water partition coefficient (Wildman–Crippen LogP) is 2.34. The molecule has 0 aliphatic carbocycles. The van der Waals surface area contributed by atoms with Crippen LogP contribution in [-0.4, -0.2) is 16.9 Å². The highest BCUT2D eigenvalue weighted by molar-refractivity contribution is 7.06. The lowest BCUT2D eigenvalue weighted by Gasteiger charge is -1.95. The summed E-state index contributed by atoms with van der Waals surface area (Å²) in [5, 5.41) is 0. The highest BCUT2D eigenvalue weighted by Gasteiger charge is 2.03. The van der Waals surface area contributed by atoms with Crippen molar-refractivity contribution in [1.82, 2.24) is 4.37 Å². The van der Waals surface area contributed by atoms with Gasteiger partial charge >= 0.3 is 5.97 Å². The molecule has 0 unspecified atom stereocenters. The zero-order chi connectivity index (χ0) is 10.6. The third-order valence-electron chi connectivity index (χ3n) is 1.76. The minimum atomic E-state index is -0.308. The first kappa shape index (κ1) is 10.9. The van der Waals surface area contributed by atoms with Gasteiger partial charge in [-0.2, -0.15) is 4.37 Å². The minimum absolute atomic E-state index is 0.308. The normalized spacial score (nSPS) is 10.8. The molecule has 0 saturated carbocycles. The van der Waals surface area contributed by atoms with E-state index < -0.39 is 0 Å². The predicted molar refractivity (Wildman–Crippen MR) is 57.3 cm³/mol. The number of hydrogen-bond acceptors (Lipinski definition) is 4. The second-order valence-corrected chi connectivity index (χ2v) is 3.80. The second-order valence-electron chi connectivity index (χ2n) is 2.82. The van der Waals surface area contributed by atoms with Gasteiger partial charge in [0.05, 0.1) is 12.3 Å². The first-order valence-electron chi connectivity index (χ1n) is 4.43. The first-order chi connectivity index (χ1) is 6.65. The number of aromatic nitrogens is 1. The van der Waals surface area contributed by atoms with Crippen molar-refractivity contribution in [2.45, 2.75) is 20.8 Å². The smallest absolute Gasteiger partial charge is 0.330 e. The Kier molecular flexibility index (Phi) is 3.83. The topological polar surface area (TPSA) is 39.2 Å². The lowest BCUT2D eigenvalue weighted by Crippen LogP contribution is -1.98. The molecule has 0 aliphatic heterocycles. The number of ether oxygens (including phenoxy) is 1. The van der Waals surface area contributed by atoms with E-state index >= 15 is 0 Å². The summed E-state index contributed by atoms with van der Waals surface area (Å²) in [5.74, 6) is -0.308. The maximum absolute atomic E-state index is 11.0. The number of nitrogens with zero attached hydrogens (tertiary/aromatic N) is 1. The van der Waals surface area contributed by atoms with Gasteiger partial charge in [-0.1, -0.05) is 0 Å². The summed E-state index contributed by atoms with van der Waals surface area (Å²) < 4.78 is 8.96. The van der Waals surface area contributed by atoms with E-state index in [1.165, 1.54) is 17.6 Å². The highest BCUT2D eigenvalue weighted by atomic mass is 32.1. The van der Waals surface area contributed by atoms with E-state index in [9.17, 15) is 4.79 Å². The van der Waals surface area contributed by atoms with E-state index in [1.807, 2.05) is 13.8 Å². The third kappa shape index (κ3) is 2.67. The fraction of sp³-hybridized carbons (Fsp3) is 0.400. The van der Waals surface area contributed by atoms with Crippen LogP contribution in [0.5, 0.6) is 0 Å². The Labute approximate surface area is 87.6 Å². The van der Waals surface area contributed by atoms with Gasteiger partial charge in [0.2, 0.25) is 0 Å². The molecule has 0 amide bonds. The lowest BCUT2D eigenvalue weighted by atomic mass is 10.2. The van der Waals surface area contributed by atoms with E-state index in [2.05, 4.69) is 4.37 Å². The first-order valence-corrected chi connectivity index (χ1v) is 5.20. The Balaban J connectivity index is 2.73. The number of hydrogen-bond donors (Lipinski definition) is 0. The summed E-state index contributed by atoms with van der Waals surface area (Å²) in [6.45, 7) is 6.10. The van der Waals surface area contributed by atoms with E-state index in [-0.39, 0.29) is 5.97 Å². The summed E-state index contributed by atoms with van der Waals surface area (Å²) in [4.78, 5) is 12.1. The number of rotatable bonds is 3. The van der Waals surface area contributed by atoms with Crippen molar-refractivity contribution in [2.75, 3.05) is 6.61 Å². The van der Waals surface area contributed by atoms with Gasteiger partial charge in [-0.05, 0) is 38.4 Å². The van der Waals surface area contributed by atoms with Crippen molar-refractivity contribution in [3.8, 4) is 0 Å². The summed E-state index contributed by atoms with van der Waals surface area (Å²) in [7, 11) is 0. The molecule has 1 aromatic heterocycles. The Morgan fingerprint density at radius 2 is 2.29 bits per heavy atom. The monoisotopic (exact) mass is 211 g/mol. The molecule has 0 bridgehead atoms. The minimum Gasteiger partial charge on any atom is -0.463 e. The standard InChI is InChI=1S/C10H13NO2S/c1-4-13-10(12)6-5-9-7(2)11-14-8(9)3/h5-6H,4H2,1-3H3/b6-5+. The molecule has 0 saturated heterocycles. The van der Waals surface area contributed by atoms with Crippen LogP contribution in [0.2, 0.25) is 0 Å². The van der Waals surface area contributed by atoms with Gasteiger partial charge in [0.25, 0.3) is 0 Å². The maximum Gasteiger partial charge on any atom is 0.330 e. The van der Waals surface area contributed by atoms with Crippen molar-refractivity contribution in [3.63, 3.8) is 0 Å². The van der Waals surface area contributed by atoms with Crippen molar-refractivity contribution in [3.05, 3.63) is 22.2 Å². The average Bonchev–Trinajstić information content (AvgIpc) is 2.44. The summed E-state index contributed by atoms with van der Waals surface area (Å²) in [5.41, 5.74) is 1.97. The third-order valence-corrected chi connectivity index (χ3v) is 2.62. The molecule has 0 aliphatic rings. The zero-order valence-corrected chi connectivity index (χ0v) is 9.35. The van der Waals surface area contributed by atoms with Crippen LogP contribution in [-0.2, 0) is 9.53 Å². The van der Waals surface area contributed by atoms with Crippen molar-refractivity contribution in [2.24, 2.45) is 0 Å². The lowest BCUT2D eigenvalue weighted by molar-refractivity contribution is -0.137. The maximum atomic E-state index is 11.0. The molecule has 14 heavy (non-hydrogen) atoms. The van der Waals surface area contributed by atoms with E-state index in [4.69, 9.17) is 4.74 Å². The Morgan fingerprint density at radius 1 is 1.57 bits per heavy atom. The Bertz CT molecular complexity index is 336. The zero-order valence-electron chi connectivity index (χ0n) is 8.53. The fourth-order valence-corrected chi connectivity index (χ4v) is 1.76. The molecular weight excluding hydrogens is 198 g/mol. The molecule has 76 valence electrons. The van der Waals surface area contributed by atoms with Gasteiger partial charge in [0.15, 0.2) is 0 Å². The van der Waals surface area contributed by atoms with Crippen LogP contribution in [0.15, 0.2) is 6.08 Å². The molecule has 3 nitrogen and oxygen atoms in total. The van der Waals surface area contributed by atoms with Gasteiger partial charge in [-0.3, -0.25) is 0 Å². The molecule has 0 N–H and O–H groups in total. The molecule has 0 fully saturated rings. The van der Waals surface area contributed by atoms with Crippen LogP contribution < -0.4 is 0 Å². The summed E-state index contributed by atoms with van der Waals surface area (Å²) >= 11 is 1.44. The van der Waals surface area contributed by atoms with E-state index in [0.717, 1.165) is 16.1 Å². The Morgan fingerprint density at radius 3 is 2.79 bits per heavy atom. The van der Waals surface area contributed by atoms with Gasteiger partial charge in [0, 0.05) is 16.5 Å². The molecule has 4 heteroatoms. The van der Waals surface area contributed by atoms with Crippen molar-refractivity contribution < 1.29 is 9.53 Å². The van der Waals surface area contributed by atoms with E-state index in [0.29, 0.717) is 6.61 Å². The molecule has 1 aromatic rings. The second kappa shape index (κ2) is 4.91. The molecule has 0 atom stereocenters. The summed E-state index contributed by atoms with van der Waals surface area (Å²) in [6.07, 6.45) is 3.19. The molecule has 0 radical (unpaired) electrons. The van der Waals surface area contributed by atoms with Crippen LogP contribution in [0.25, 0.3) is 6.08 Å². The van der Waals surface area contributed by atoms with Gasteiger partial charge in [-0.25, -0.2) is 4.79 Å². The van der Waals surface area contributed by atoms with Gasteiger partial charge in [0.1, 0.15) is 0 Å². The number of esters is 1. The van der Waals surface area contributed by atoms with Crippen LogP contribution in [0.4, 0.5) is 0 Å². The van der Waals surface area contributed by atoms with Crippen LogP contribution in [0.3, 0.4) is 0 Å². The molecule has 1 rings (SSSR count). The van der Waals surface area contributed by atoms with Crippen molar-refractivity contribution in [1.29, 1.82) is 0 Å². The highest BCUT2D eigenvalue weighted by Crippen LogP contribution is 2.18. The number of carbonyl (C=O) groups excluding carboxylic acids is 1. The van der Waals surface area contributed by atoms with Gasteiger partial charge < -0.3 is 4.74 Å². The number of carbonyl (C=O) groups is 1. The average molecular weight is 211 g/mol.